The molecule has 2 amide bonds. The van der Waals surface area contributed by atoms with Crippen LogP contribution in [0.25, 0.3) is 21.0 Å². The second-order valence-electron chi connectivity index (χ2n) is 8.23. The van der Waals surface area contributed by atoms with E-state index in [0.717, 1.165) is 15.1 Å². The molecule has 7 nitrogen and oxygen atoms in total. The molecule has 9 heteroatoms. The molecule has 0 aliphatic heterocycles. The summed E-state index contributed by atoms with van der Waals surface area (Å²) >= 11 is 2.78. The first-order chi connectivity index (χ1) is 17.9. The number of amides is 2. The van der Waals surface area contributed by atoms with Crippen molar-refractivity contribution in [1.29, 1.82) is 0 Å². The molecular formula is C28H21N3O4S2. The number of hydrogen-bond donors (Lipinski definition) is 3. The second-order valence-corrected chi connectivity index (χ2v) is 10.7. The first-order valence-electron chi connectivity index (χ1n) is 11.4. The minimum Gasteiger partial charge on any atom is -0.478 e. The molecule has 0 fully saturated rings. The molecule has 5 aromatic rings. The third kappa shape index (κ3) is 5.32. The number of thiazole rings is 1. The lowest BCUT2D eigenvalue weighted by molar-refractivity contribution is -0.115. The minimum atomic E-state index is -1.10. The number of anilines is 2. The van der Waals surface area contributed by atoms with Crippen molar-refractivity contribution in [2.45, 2.75) is 17.1 Å². The number of thioether (sulfide) groups is 1. The third-order valence-electron chi connectivity index (χ3n) is 5.68. The summed E-state index contributed by atoms with van der Waals surface area (Å²) in [5, 5.41) is 16.5. The molecule has 1 atom stereocenters. The van der Waals surface area contributed by atoms with E-state index in [4.69, 9.17) is 0 Å². The van der Waals surface area contributed by atoms with E-state index < -0.39 is 17.1 Å². The zero-order valence-electron chi connectivity index (χ0n) is 19.6. The van der Waals surface area contributed by atoms with E-state index in [1.165, 1.54) is 29.2 Å². The van der Waals surface area contributed by atoms with E-state index in [-0.39, 0.29) is 17.0 Å². The molecule has 37 heavy (non-hydrogen) atoms. The Hall–Kier alpha value is -4.21. The van der Waals surface area contributed by atoms with Crippen LogP contribution in [0, 0.1) is 0 Å². The highest BCUT2D eigenvalue weighted by atomic mass is 32.2. The SMILES string of the molecule is CC(Sc1cccc(NC(=O)c2cccc3cccc(C(=O)O)c23)c1)C(=O)Nc1nc2ccccc2s1. The van der Waals surface area contributed by atoms with Crippen LogP contribution in [-0.4, -0.2) is 33.1 Å². The Morgan fingerprint density at radius 1 is 0.892 bits per heavy atom. The van der Waals surface area contributed by atoms with Crippen LogP contribution < -0.4 is 10.6 Å². The van der Waals surface area contributed by atoms with E-state index in [1.54, 1.807) is 48.5 Å². The number of carbonyl (C=O) groups is 3. The van der Waals surface area contributed by atoms with Gasteiger partial charge in [0, 0.05) is 21.5 Å². The fraction of sp³-hybridized carbons (Fsp3) is 0.0714. The monoisotopic (exact) mass is 527 g/mol. The molecule has 184 valence electrons. The zero-order valence-corrected chi connectivity index (χ0v) is 21.2. The lowest BCUT2D eigenvalue weighted by Crippen LogP contribution is -2.22. The minimum absolute atomic E-state index is 0.0699. The average Bonchev–Trinajstić information content (AvgIpc) is 3.30. The van der Waals surface area contributed by atoms with E-state index >= 15 is 0 Å². The van der Waals surface area contributed by atoms with Crippen molar-refractivity contribution in [3.63, 3.8) is 0 Å². The van der Waals surface area contributed by atoms with Crippen LogP contribution in [0.4, 0.5) is 10.8 Å². The first-order valence-corrected chi connectivity index (χ1v) is 13.1. The molecule has 0 spiro atoms. The molecule has 1 heterocycles. The predicted octanol–water partition coefficient (Wildman–Crippen LogP) is 6.52. The molecule has 0 saturated heterocycles. The van der Waals surface area contributed by atoms with Crippen molar-refractivity contribution in [1.82, 2.24) is 4.98 Å². The van der Waals surface area contributed by atoms with Crippen LogP contribution in [0.5, 0.6) is 0 Å². The van der Waals surface area contributed by atoms with Crippen molar-refractivity contribution in [3.05, 3.63) is 96.1 Å². The van der Waals surface area contributed by atoms with E-state index in [2.05, 4.69) is 15.6 Å². The van der Waals surface area contributed by atoms with Gasteiger partial charge in [-0.25, -0.2) is 9.78 Å². The van der Waals surface area contributed by atoms with Crippen LogP contribution in [0.2, 0.25) is 0 Å². The van der Waals surface area contributed by atoms with Crippen LogP contribution >= 0.6 is 23.1 Å². The summed E-state index contributed by atoms with van der Waals surface area (Å²) in [5.74, 6) is -1.68. The Bertz CT molecular complexity index is 1630. The van der Waals surface area contributed by atoms with Gasteiger partial charge in [-0.05, 0) is 54.8 Å². The fourth-order valence-corrected chi connectivity index (χ4v) is 5.74. The van der Waals surface area contributed by atoms with E-state index in [1.807, 2.05) is 37.3 Å². The molecular weight excluding hydrogens is 506 g/mol. The number of aromatic carboxylic acids is 1. The Labute approximate surface area is 220 Å². The number of carboxylic acid groups (broad SMARTS) is 1. The number of rotatable bonds is 7. The zero-order chi connectivity index (χ0) is 25.9. The van der Waals surface area contributed by atoms with Gasteiger partial charge in [0.2, 0.25) is 5.91 Å². The summed E-state index contributed by atoms with van der Waals surface area (Å²) in [7, 11) is 0. The van der Waals surface area contributed by atoms with Gasteiger partial charge in [-0.15, -0.1) is 11.8 Å². The summed E-state index contributed by atoms with van der Waals surface area (Å²) in [6.45, 7) is 1.81. The number of carbonyl (C=O) groups excluding carboxylic acids is 2. The molecule has 0 bridgehead atoms. The first kappa shape index (κ1) is 24.5. The van der Waals surface area contributed by atoms with Crippen LogP contribution in [0.1, 0.15) is 27.6 Å². The highest BCUT2D eigenvalue weighted by Crippen LogP contribution is 2.30. The molecule has 0 aliphatic carbocycles. The number of nitrogens with one attached hydrogen (secondary N) is 2. The van der Waals surface area contributed by atoms with E-state index in [9.17, 15) is 19.5 Å². The molecule has 0 radical (unpaired) electrons. The number of nitrogens with zero attached hydrogens (tertiary/aromatic N) is 1. The molecule has 1 aromatic heterocycles. The van der Waals surface area contributed by atoms with Gasteiger partial charge in [-0.2, -0.15) is 0 Å². The number of carboxylic acids is 1. The van der Waals surface area contributed by atoms with Crippen molar-refractivity contribution < 1.29 is 19.5 Å². The average molecular weight is 528 g/mol. The summed E-state index contributed by atoms with van der Waals surface area (Å²) in [5.41, 5.74) is 1.73. The van der Waals surface area contributed by atoms with Gasteiger partial charge < -0.3 is 15.7 Å². The smallest absolute Gasteiger partial charge is 0.336 e. The Balaban J connectivity index is 1.30. The number of hydrogen-bond acceptors (Lipinski definition) is 6. The maximum Gasteiger partial charge on any atom is 0.336 e. The quantitative estimate of drug-likeness (QED) is 0.208. The number of para-hydroxylation sites is 1. The fourth-order valence-electron chi connectivity index (χ4n) is 3.94. The highest BCUT2D eigenvalue weighted by Gasteiger charge is 2.19. The molecule has 5 rings (SSSR count). The maximum atomic E-state index is 13.1. The Morgan fingerprint density at radius 3 is 2.38 bits per heavy atom. The maximum absolute atomic E-state index is 13.1. The summed E-state index contributed by atoms with van der Waals surface area (Å²) in [6, 6.07) is 24.9. The highest BCUT2D eigenvalue weighted by molar-refractivity contribution is 8.00. The number of fused-ring (bicyclic) bond motifs is 2. The van der Waals surface area contributed by atoms with Crippen LogP contribution in [-0.2, 0) is 4.79 Å². The second kappa shape index (κ2) is 10.4. The topological polar surface area (TPSA) is 108 Å². The summed E-state index contributed by atoms with van der Waals surface area (Å²) < 4.78 is 1.00. The van der Waals surface area contributed by atoms with Gasteiger partial charge in [-0.1, -0.05) is 53.8 Å². The van der Waals surface area contributed by atoms with Gasteiger partial charge in [0.05, 0.1) is 21.0 Å². The normalized spacial score (nSPS) is 11.8. The molecule has 4 aromatic carbocycles. The van der Waals surface area contributed by atoms with Gasteiger partial charge in [0.1, 0.15) is 0 Å². The van der Waals surface area contributed by atoms with Crippen LogP contribution in [0.15, 0.2) is 89.8 Å². The predicted molar refractivity (Wildman–Crippen MR) is 149 cm³/mol. The number of benzene rings is 4. The molecule has 1 unspecified atom stereocenters. The summed E-state index contributed by atoms with van der Waals surface area (Å²) in [6.07, 6.45) is 0. The Kier molecular flexibility index (Phi) is 6.89. The van der Waals surface area contributed by atoms with Gasteiger partial charge in [0.25, 0.3) is 5.91 Å². The van der Waals surface area contributed by atoms with Gasteiger partial charge >= 0.3 is 5.97 Å². The van der Waals surface area contributed by atoms with Crippen molar-refractivity contribution >= 4 is 72.7 Å². The van der Waals surface area contributed by atoms with Crippen molar-refractivity contribution in [2.24, 2.45) is 0 Å². The van der Waals surface area contributed by atoms with E-state index in [0.29, 0.717) is 21.6 Å². The molecule has 0 aliphatic rings. The summed E-state index contributed by atoms with van der Waals surface area (Å²) in [4.78, 5) is 42.9. The largest absolute Gasteiger partial charge is 0.478 e. The molecule has 0 saturated carbocycles. The molecule has 3 N–H and O–H groups in total. The van der Waals surface area contributed by atoms with Crippen molar-refractivity contribution in [3.8, 4) is 0 Å². The standard InChI is InChI=1S/C28H21N3O4S2/c1-16(25(32)31-28-30-22-13-2-3-14-23(22)37-28)36-19-10-6-9-18(15-19)29-26(33)20-11-4-7-17-8-5-12-21(24(17)20)27(34)35/h2-16H,1H3,(H,29,33)(H,34,35)(H,30,31,32). The van der Waals surface area contributed by atoms with Gasteiger partial charge in [-0.3, -0.25) is 9.59 Å². The lowest BCUT2D eigenvalue weighted by atomic mass is 9.98. The van der Waals surface area contributed by atoms with Crippen LogP contribution in [0.3, 0.4) is 0 Å². The lowest BCUT2D eigenvalue weighted by Gasteiger charge is -2.13. The number of aromatic nitrogens is 1. The van der Waals surface area contributed by atoms with Crippen molar-refractivity contribution in [2.75, 3.05) is 10.6 Å². The Morgan fingerprint density at radius 2 is 1.62 bits per heavy atom. The third-order valence-corrected chi connectivity index (χ3v) is 7.72. The van der Waals surface area contributed by atoms with Gasteiger partial charge in [0.15, 0.2) is 5.13 Å².